The van der Waals surface area contributed by atoms with Crippen molar-refractivity contribution in [3.05, 3.63) is 18.2 Å². The zero-order valence-electron chi connectivity index (χ0n) is 16.8. The summed E-state index contributed by atoms with van der Waals surface area (Å²) in [6, 6.07) is 5.09. The fraction of sp³-hybridized carbons (Fsp3) is 0.667. The Balaban J connectivity index is 2.33. The molecule has 2 radical (unpaired) electrons. The minimum absolute atomic E-state index is 0.223. The van der Waals surface area contributed by atoms with Crippen LogP contribution in [0.15, 0.2) is 18.2 Å². The summed E-state index contributed by atoms with van der Waals surface area (Å²) < 4.78 is 31.5. The number of nitrogens with one attached hydrogen (secondary N) is 1. The van der Waals surface area contributed by atoms with Gasteiger partial charge in [0.25, 0.3) is 0 Å². The number of alkyl halides is 2. The topological polar surface area (TPSA) is 37.9 Å². The Bertz CT molecular complexity index is 668. The summed E-state index contributed by atoms with van der Waals surface area (Å²) in [7, 11) is 0. The Morgan fingerprint density at radius 1 is 1.04 bits per heavy atom. The second kappa shape index (κ2) is 11.2. The van der Waals surface area contributed by atoms with Crippen LogP contribution >= 0.6 is 0 Å². The number of nitrogens with zero attached hydrogens (tertiary/aromatic N) is 1. The van der Waals surface area contributed by atoms with E-state index in [1.165, 1.54) is 61.5 Å². The van der Waals surface area contributed by atoms with Gasteiger partial charge in [0.1, 0.15) is 0 Å². The number of fused-ring (bicyclic) bond motifs is 1. The molecule has 27 heavy (non-hydrogen) atoms. The zero-order valence-corrected chi connectivity index (χ0v) is 19.6. The number of benzene rings is 1. The maximum absolute atomic E-state index is 12.6. The van der Waals surface area contributed by atoms with Crippen molar-refractivity contribution in [3.8, 4) is 5.75 Å². The molecule has 3 nitrogen and oxygen atoms in total. The van der Waals surface area contributed by atoms with E-state index >= 15 is 0 Å². The van der Waals surface area contributed by atoms with Crippen molar-refractivity contribution in [3.63, 3.8) is 0 Å². The van der Waals surface area contributed by atoms with E-state index in [2.05, 4.69) is 35.7 Å². The van der Waals surface area contributed by atoms with E-state index in [9.17, 15) is 8.78 Å². The van der Waals surface area contributed by atoms with Gasteiger partial charge < -0.3 is 0 Å². The van der Waals surface area contributed by atoms with Crippen LogP contribution in [-0.2, 0) is 0 Å². The van der Waals surface area contributed by atoms with Crippen LogP contribution in [0.4, 0.5) is 8.78 Å². The summed E-state index contributed by atoms with van der Waals surface area (Å²) in [5.41, 5.74) is 0.850. The minimum atomic E-state index is -2.80. The summed E-state index contributed by atoms with van der Waals surface area (Å²) in [6.07, 6.45) is 11.3. The molecule has 0 spiro atoms. The standard InChI is InChI=1S/C13H27.C8H5F2N2O.Sn/c1-4-7-10-13(11-8-5-2)12-9-6-3;9-8(10)13-6-1-2-7-5(3-6)4-11-12-7;/h4-12H2,1-3H3;1-3,8H,(H,11,12);. The molecular weight excluding hydrogens is 453 g/mol. The summed E-state index contributed by atoms with van der Waals surface area (Å²) in [5, 5.41) is 8.68. The molecule has 2 rings (SSSR count). The second-order valence-corrected chi connectivity index (χ2v) is 12.5. The van der Waals surface area contributed by atoms with Crippen LogP contribution < -0.4 is 8.45 Å². The van der Waals surface area contributed by atoms with Gasteiger partial charge in [-0.15, -0.1) is 0 Å². The molecular formula is C21H32F2N2OSn. The molecule has 150 valence electrons. The van der Waals surface area contributed by atoms with Crippen molar-refractivity contribution in [2.24, 2.45) is 0 Å². The van der Waals surface area contributed by atoms with Crippen LogP contribution in [0.3, 0.4) is 0 Å². The predicted molar refractivity (Wildman–Crippen MR) is 109 cm³/mol. The number of hydrogen-bond donors (Lipinski definition) is 1. The molecule has 0 aliphatic heterocycles. The summed E-state index contributed by atoms with van der Waals surface area (Å²) in [5.74, 6) is 0.223. The van der Waals surface area contributed by atoms with Crippen LogP contribution in [0.5, 0.6) is 5.75 Å². The quantitative estimate of drug-likeness (QED) is 0.342. The molecule has 0 bridgehead atoms. The van der Waals surface area contributed by atoms with Crippen LogP contribution in [0.1, 0.15) is 78.6 Å². The molecule has 0 atom stereocenters. The number of aromatic nitrogens is 2. The molecule has 1 aromatic carbocycles. The van der Waals surface area contributed by atoms with Gasteiger partial charge in [0.05, 0.1) is 0 Å². The molecule has 0 saturated carbocycles. The van der Waals surface area contributed by atoms with E-state index < -0.39 is 27.8 Å². The first-order valence-corrected chi connectivity index (χ1v) is 13.1. The fourth-order valence-electron chi connectivity index (χ4n) is 3.63. The average Bonchev–Trinajstić information content (AvgIpc) is 3.04. The first kappa shape index (κ1) is 22.4. The number of unbranched alkanes of at least 4 members (excludes halogenated alkanes) is 3. The van der Waals surface area contributed by atoms with Gasteiger partial charge in [0, 0.05) is 0 Å². The van der Waals surface area contributed by atoms with Crippen LogP contribution in [0, 0.1) is 0 Å². The molecule has 0 saturated heterocycles. The predicted octanol–water partition coefficient (Wildman–Crippen LogP) is 6.22. The van der Waals surface area contributed by atoms with Gasteiger partial charge in [0.15, 0.2) is 0 Å². The normalized spacial score (nSPS) is 12.2. The Hall–Kier alpha value is -0.851. The molecule has 6 heteroatoms. The zero-order chi connectivity index (χ0) is 19.7. The van der Waals surface area contributed by atoms with E-state index in [4.69, 9.17) is 0 Å². The van der Waals surface area contributed by atoms with E-state index in [1.807, 2.05) is 0 Å². The average molecular weight is 485 g/mol. The van der Waals surface area contributed by atoms with Crippen LogP contribution in [0.25, 0.3) is 10.9 Å². The molecule has 1 N–H and O–H groups in total. The van der Waals surface area contributed by atoms with Crippen molar-refractivity contribution in [1.29, 1.82) is 0 Å². The summed E-state index contributed by atoms with van der Waals surface area (Å²) >= 11 is -1.00. The SMILES string of the molecule is CCCC[C](CCCC)(CCCC)[Sn][c]1[nH]nc2ccc(OC(F)F)cc12. The molecule has 0 aliphatic carbocycles. The number of H-pyrrole nitrogens is 1. The van der Waals surface area contributed by atoms with E-state index in [0.29, 0.717) is 3.43 Å². The summed E-state index contributed by atoms with van der Waals surface area (Å²) in [4.78, 5) is 0. The molecule has 0 amide bonds. The van der Waals surface area contributed by atoms with Crippen molar-refractivity contribution in [2.45, 2.75) is 88.6 Å². The fourth-order valence-corrected chi connectivity index (χ4v) is 9.01. The Kier molecular flexibility index (Phi) is 9.33. The van der Waals surface area contributed by atoms with Gasteiger partial charge >= 0.3 is 172 Å². The van der Waals surface area contributed by atoms with Gasteiger partial charge in [-0.1, -0.05) is 0 Å². The number of aromatic amines is 1. The van der Waals surface area contributed by atoms with Crippen LogP contribution in [0.2, 0.25) is 3.43 Å². The molecule has 1 aromatic heterocycles. The molecule has 0 unspecified atom stereocenters. The first-order chi connectivity index (χ1) is 13.0. The van der Waals surface area contributed by atoms with Gasteiger partial charge in [0.2, 0.25) is 0 Å². The first-order valence-electron chi connectivity index (χ1n) is 10.2. The maximum atomic E-state index is 12.6. The van der Waals surface area contributed by atoms with Crippen molar-refractivity contribution in [1.82, 2.24) is 10.2 Å². The third-order valence-electron chi connectivity index (χ3n) is 5.17. The third kappa shape index (κ3) is 6.61. The Morgan fingerprint density at radius 3 is 2.15 bits per heavy atom. The second-order valence-electron chi connectivity index (χ2n) is 7.37. The van der Waals surface area contributed by atoms with Crippen molar-refractivity contribution >= 4 is 35.8 Å². The number of ether oxygens (including phenoxy) is 1. The monoisotopic (exact) mass is 486 g/mol. The van der Waals surface area contributed by atoms with E-state index in [0.717, 1.165) is 10.9 Å². The molecule has 0 aliphatic rings. The number of hydrogen-bond acceptors (Lipinski definition) is 2. The van der Waals surface area contributed by atoms with Crippen molar-refractivity contribution in [2.75, 3.05) is 0 Å². The third-order valence-corrected chi connectivity index (χ3v) is 10.6. The van der Waals surface area contributed by atoms with E-state index in [-0.39, 0.29) is 5.75 Å². The molecule has 1 heterocycles. The molecule has 0 fully saturated rings. The Labute approximate surface area is 171 Å². The number of halogens is 2. The Morgan fingerprint density at radius 2 is 1.63 bits per heavy atom. The van der Waals surface area contributed by atoms with Gasteiger partial charge in [-0.05, 0) is 0 Å². The van der Waals surface area contributed by atoms with Gasteiger partial charge in [-0.25, -0.2) is 0 Å². The van der Waals surface area contributed by atoms with Gasteiger partial charge in [-0.2, -0.15) is 0 Å². The van der Waals surface area contributed by atoms with Crippen LogP contribution in [-0.4, -0.2) is 38.0 Å². The summed E-state index contributed by atoms with van der Waals surface area (Å²) in [6.45, 7) is 3.98. The number of rotatable bonds is 13. The van der Waals surface area contributed by atoms with Gasteiger partial charge in [-0.3, -0.25) is 0 Å². The van der Waals surface area contributed by atoms with Crippen molar-refractivity contribution < 1.29 is 13.5 Å². The molecule has 2 aromatic rings. The van der Waals surface area contributed by atoms with E-state index in [1.54, 1.807) is 18.2 Å².